The van der Waals surface area contributed by atoms with Crippen LogP contribution in [0.1, 0.15) is 0 Å². The van der Waals surface area contributed by atoms with Crippen LogP contribution in [0, 0.1) is 0 Å². The van der Waals surface area contributed by atoms with E-state index in [0.717, 1.165) is 32.7 Å². The average molecular weight is 248 g/mol. The van der Waals surface area contributed by atoms with E-state index in [-0.39, 0.29) is 0 Å². The van der Waals surface area contributed by atoms with Crippen LogP contribution >= 0.6 is 0 Å². The van der Waals surface area contributed by atoms with Gasteiger partial charge >= 0.3 is 0 Å². The van der Waals surface area contributed by atoms with Gasteiger partial charge in [-0.1, -0.05) is 36.4 Å². The first-order valence-corrected chi connectivity index (χ1v) is 6.21. The Bertz CT molecular complexity index is 908. The quantitative estimate of drug-likeness (QED) is 0.555. The molecule has 0 atom stereocenters. The molecule has 0 amide bonds. The standard InChI is InChI=1S/C16H12N2O/c1-19-16-14-10-6-2-4-8-12(10)17-15(14)11-7-3-5-9-13(11)18-16/h2-9,17H,1H3. The molecule has 0 saturated heterocycles. The van der Waals surface area contributed by atoms with Gasteiger partial charge < -0.3 is 9.72 Å². The van der Waals surface area contributed by atoms with Crippen molar-refractivity contribution in [2.45, 2.75) is 0 Å². The van der Waals surface area contributed by atoms with Crippen molar-refractivity contribution < 1.29 is 4.74 Å². The lowest BCUT2D eigenvalue weighted by Gasteiger charge is -2.04. The fourth-order valence-corrected chi connectivity index (χ4v) is 2.66. The highest BCUT2D eigenvalue weighted by atomic mass is 16.5. The number of aromatic nitrogens is 2. The summed E-state index contributed by atoms with van der Waals surface area (Å²) in [6.45, 7) is 0. The molecule has 0 spiro atoms. The van der Waals surface area contributed by atoms with E-state index in [1.807, 2.05) is 30.3 Å². The van der Waals surface area contributed by atoms with Crippen molar-refractivity contribution in [1.29, 1.82) is 0 Å². The third kappa shape index (κ3) is 1.35. The maximum absolute atomic E-state index is 5.47. The monoisotopic (exact) mass is 248 g/mol. The molecule has 0 aliphatic rings. The molecule has 2 aromatic heterocycles. The first kappa shape index (κ1) is 10.4. The molecule has 0 fully saturated rings. The molecule has 3 nitrogen and oxygen atoms in total. The minimum absolute atomic E-state index is 0.672. The molecule has 2 heterocycles. The van der Waals surface area contributed by atoms with Crippen LogP contribution < -0.4 is 4.74 Å². The number of fused-ring (bicyclic) bond motifs is 5. The smallest absolute Gasteiger partial charge is 0.223 e. The second-order valence-corrected chi connectivity index (χ2v) is 4.56. The van der Waals surface area contributed by atoms with Crippen LogP contribution in [0.2, 0.25) is 0 Å². The van der Waals surface area contributed by atoms with Crippen molar-refractivity contribution in [3.05, 3.63) is 48.5 Å². The summed E-state index contributed by atoms with van der Waals surface area (Å²) in [4.78, 5) is 8.08. The molecular weight excluding hydrogens is 236 g/mol. The SMILES string of the molecule is COc1nc2ccccc2c2[nH]c3ccccc3c12. The zero-order valence-corrected chi connectivity index (χ0v) is 10.5. The molecule has 0 aliphatic carbocycles. The highest BCUT2D eigenvalue weighted by Crippen LogP contribution is 2.35. The van der Waals surface area contributed by atoms with Gasteiger partial charge in [0.25, 0.3) is 0 Å². The number of ether oxygens (including phenoxy) is 1. The number of rotatable bonds is 1. The number of hydrogen-bond donors (Lipinski definition) is 1. The molecule has 0 saturated carbocycles. The Balaban J connectivity index is 2.34. The molecule has 4 rings (SSSR count). The molecule has 19 heavy (non-hydrogen) atoms. The summed E-state index contributed by atoms with van der Waals surface area (Å²) in [5, 5.41) is 3.32. The minimum Gasteiger partial charge on any atom is -0.480 e. The fourth-order valence-electron chi connectivity index (χ4n) is 2.66. The Kier molecular flexibility index (Phi) is 2.03. The summed E-state index contributed by atoms with van der Waals surface area (Å²) >= 11 is 0. The van der Waals surface area contributed by atoms with Crippen LogP contribution in [-0.4, -0.2) is 17.1 Å². The second kappa shape index (κ2) is 3.72. The van der Waals surface area contributed by atoms with Gasteiger partial charge in [-0.2, -0.15) is 0 Å². The third-order valence-electron chi connectivity index (χ3n) is 3.51. The zero-order chi connectivity index (χ0) is 12.8. The number of pyridine rings is 1. The number of para-hydroxylation sites is 2. The number of methoxy groups -OCH3 is 1. The number of aromatic amines is 1. The molecule has 0 bridgehead atoms. The van der Waals surface area contributed by atoms with Gasteiger partial charge in [0.15, 0.2) is 0 Å². The van der Waals surface area contributed by atoms with E-state index in [1.54, 1.807) is 7.11 Å². The lowest BCUT2D eigenvalue weighted by molar-refractivity contribution is 0.405. The lowest BCUT2D eigenvalue weighted by Crippen LogP contribution is -1.90. The van der Waals surface area contributed by atoms with E-state index in [4.69, 9.17) is 4.74 Å². The summed E-state index contributed by atoms with van der Waals surface area (Å²) in [5.41, 5.74) is 3.14. The van der Waals surface area contributed by atoms with Gasteiger partial charge in [-0.05, 0) is 12.1 Å². The number of nitrogens with zero attached hydrogens (tertiary/aromatic N) is 1. The molecule has 2 aromatic carbocycles. The molecule has 0 aliphatic heterocycles. The largest absolute Gasteiger partial charge is 0.480 e. The zero-order valence-electron chi connectivity index (χ0n) is 10.5. The van der Waals surface area contributed by atoms with Gasteiger partial charge in [-0.3, -0.25) is 0 Å². The van der Waals surface area contributed by atoms with E-state index in [9.17, 15) is 0 Å². The van der Waals surface area contributed by atoms with Crippen molar-refractivity contribution in [2.24, 2.45) is 0 Å². The number of nitrogens with one attached hydrogen (secondary N) is 1. The second-order valence-electron chi connectivity index (χ2n) is 4.56. The first-order valence-electron chi connectivity index (χ1n) is 6.21. The predicted molar refractivity (Wildman–Crippen MR) is 77.7 cm³/mol. The number of hydrogen-bond acceptors (Lipinski definition) is 2. The molecular formula is C16H12N2O. The van der Waals surface area contributed by atoms with Crippen molar-refractivity contribution in [3.63, 3.8) is 0 Å². The van der Waals surface area contributed by atoms with E-state index < -0.39 is 0 Å². The molecule has 1 N–H and O–H groups in total. The van der Waals surface area contributed by atoms with E-state index in [2.05, 4.69) is 28.2 Å². The van der Waals surface area contributed by atoms with Crippen molar-refractivity contribution in [2.75, 3.05) is 7.11 Å². The molecule has 3 heteroatoms. The van der Waals surface area contributed by atoms with Gasteiger partial charge in [-0.15, -0.1) is 0 Å². The van der Waals surface area contributed by atoms with E-state index in [0.29, 0.717) is 5.88 Å². The molecule has 0 radical (unpaired) electrons. The first-order chi connectivity index (χ1) is 9.38. The summed E-state index contributed by atoms with van der Waals surface area (Å²) in [6, 6.07) is 16.3. The minimum atomic E-state index is 0.672. The normalized spacial score (nSPS) is 11.4. The van der Waals surface area contributed by atoms with Crippen molar-refractivity contribution in [3.8, 4) is 5.88 Å². The third-order valence-corrected chi connectivity index (χ3v) is 3.51. The van der Waals surface area contributed by atoms with Crippen LogP contribution in [0.25, 0.3) is 32.7 Å². The average Bonchev–Trinajstić information content (AvgIpc) is 2.86. The molecule has 0 unspecified atom stereocenters. The molecule has 92 valence electrons. The van der Waals surface area contributed by atoms with Crippen LogP contribution in [0.15, 0.2) is 48.5 Å². The van der Waals surface area contributed by atoms with E-state index >= 15 is 0 Å². The van der Waals surface area contributed by atoms with Gasteiger partial charge in [0.2, 0.25) is 5.88 Å². The summed E-state index contributed by atoms with van der Waals surface area (Å²) in [6.07, 6.45) is 0. The number of H-pyrrole nitrogens is 1. The lowest BCUT2D eigenvalue weighted by atomic mass is 10.1. The van der Waals surface area contributed by atoms with Crippen LogP contribution in [0.4, 0.5) is 0 Å². The fraction of sp³-hybridized carbons (Fsp3) is 0.0625. The van der Waals surface area contributed by atoms with Crippen molar-refractivity contribution in [1.82, 2.24) is 9.97 Å². The summed E-state index contributed by atoms with van der Waals surface area (Å²) in [7, 11) is 1.66. The van der Waals surface area contributed by atoms with Crippen molar-refractivity contribution >= 4 is 32.7 Å². The predicted octanol–water partition coefficient (Wildman–Crippen LogP) is 3.88. The van der Waals surface area contributed by atoms with Crippen LogP contribution in [-0.2, 0) is 0 Å². The van der Waals surface area contributed by atoms with Crippen LogP contribution in [0.3, 0.4) is 0 Å². The Morgan fingerprint density at radius 1 is 0.947 bits per heavy atom. The summed E-state index contributed by atoms with van der Waals surface area (Å²) < 4.78 is 5.47. The topological polar surface area (TPSA) is 37.9 Å². The maximum Gasteiger partial charge on any atom is 0.223 e. The van der Waals surface area contributed by atoms with E-state index in [1.165, 1.54) is 0 Å². The van der Waals surface area contributed by atoms with Gasteiger partial charge in [-0.25, -0.2) is 4.98 Å². The Labute approximate surface area is 109 Å². The Hall–Kier alpha value is -2.55. The highest BCUT2D eigenvalue weighted by Gasteiger charge is 2.13. The van der Waals surface area contributed by atoms with Gasteiger partial charge in [0.1, 0.15) is 0 Å². The maximum atomic E-state index is 5.47. The summed E-state index contributed by atoms with van der Waals surface area (Å²) in [5.74, 6) is 0.672. The van der Waals surface area contributed by atoms with Gasteiger partial charge in [0, 0.05) is 16.3 Å². The highest BCUT2D eigenvalue weighted by molar-refractivity contribution is 6.18. The number of benzene rings is 2. The molecule has 4 aromatic rings. The Morgan fingerprint density at radius 3 is 2.53 bits per heavy atom. The van der Waals surface area contributed by atoms with Gasteiger partial charge in [0.05, 0.1) is 23.5 Å². The van der Waals surface area contributed by atoms with Crippen LogP contribution in [0.5, 0.6) is 5.88 Å². The Morgan fingerprint density at radius 2 is 1.68 bits per heavy atom.